The predicted molar refractivity (Wildman–Crippen MR) is 56.5 cm³/mol. The Kier molecular flexibility index (Phi) is 3.69. The molecule has 0 spiro atoms. The molecule has 2 heteroatoms. The topological polar surface area (TPSA) is 26.3 Å². The lowest BCUT2D eigenvalue weighted by atomic mass is 10.1. The van der Waals surface area contributed by atoms with Gasteiger partial charge in [-0.2, -0.15) is 0 Å². The Morgan fingerprint density at radius 1 is 1.36 bits per heavy atom. The van der Waals surface area contributed by atoms with Gasteiger partial charge in [-0.3, -0.25) is 4.79 Å². The Morgan fingerprint density at radius 3 is 2.71 bits per heavy atom. The number of esters is 1. The average molecular weight is 192 g/mol. The van der Waals surface area contributed by atoms with Crippen LogP contribution in [0.25, 0.3) is 0 Å². The van der Waals surface area contributed by atoms with Gasteiger partial charge in [-0.1, -0.05) is 19.1 Å². The highest BCUT2D eigenvalue weighted by Gasteiger charge is 2.06. The standard InChI is InChI=1S/C12H16O2/c1-4-6-12(13)14-11-8-5-7-9(2)10(11)3/h5,7-8H,4,6H2,1-3H3. The molecule has 0 atom stereocenters. The van der Waals surface area contributed by atoms with Crippen LogP contribution in [0.2, 0.25) is 0 Å². The molecule has 1 aromatic rings. The summed E-state index contributed by atoms with van der Waals surface area (Å²) in [5.41, 5.74) is 2.18. The monoisotopic (exact) mass is 192 g/mol. The van der Waals surface area contributed by atoms with E-state index in [4.69, 9.17) is 4.74 Å². The molecule has 1 rings (SSSR count). The van der Waals surface area contributed by atoms with E-state index in [1.165, 1.54) is 0 Å². The van der Waals surface area contributed by atoms with E-state index in [0.29, 0.717) is 12.2 Å². The van der Waals surface area contributed by atoms with Gasteiger partial charge in [0.05, 0.1) is 0 Å². The highest BCUT2D eigenvalue weighted by molar-refractivity contribution is 5.72. The van der Waals surface area contributed by atoms with Crippen molar-refractivity contribution < 1.29 is 9.53 Å². The largest absolute Gasteiger partial charge is 0.426 e. The molecule has 0 N–H and O–H groups in total. The number of aryl methyl sites for hydroxylation is 1. The molecule has 0 saturated carbocycles. The van der Waals surface area contributed by atoms with Crippen LogP contribution in [-0.2, 0) is 4.79 Å². The highest BCUT2D eigenvalue weighted by atomic mass is 16.5. The first kappa shape index (κ1) is 10.8. The number of carbonyl (C=O) groups excluding carboxylic acids is 1. The molecule has 0 aliphatic heterocycles. The summed E-state index contributed by atoms with van der Waals surface area (Å²) in [5.74, 6) is 0.532. The van der Waals surface area contributed by atoms with Crippen LogP contribution in [0, 0.1) is 13.8 Å². The van der Waals surface area contributed by atoms with Crippen LogP contribution in [0.15, 0.2) is 18.2 Å². The Labute approximate surface area is 84.9 Å². The maximum absolute atomic E-state index is 11.3. The third kappa shape index (κ3) is 2.59. The predicted octanol–water partition coefficient (Wildman–Crippen LogP) is 3.01. The Hall–Kier alpha value is -1.31. The second kappa shape index (κ2) is 4.80. The Morgan fingerprint density at radius 2 is 2.07 bits per heavy atom. The highest BCUT2D eigenvalue weighted by Crippen LogP contribution is 2.20. The lowest BCUT2D eigenvalue weighted by Crippen LogP contribution is -2.08. The van der Waals surface area contributed by atoms with Crippen molar-refractivity contribution in [3.8, 4) is 5.75 Å². The van der Waals surface area contributed by atoms with Gasteiger partial charge in [0, 0.05) is 6.42 Å². The third-order valence-corrected chi connectivity index (χ3v) is 2.23. The van der Waals surface area contributed by atoms with E-state index in [1.54, 1.807) is 0 Å². The summed E-state index contributed by atoms with van der Waals surface area (Å²) < 4.78 is 5.23. The fraction of sp³-hybridized carbons (Fsp3) is 0.417. The summed E-state index contributed by atoms with van der Waals surface area (Å²) in [6.07, 6.45) is 1.30. The van der Waals surface area contributed by atoms with Crippen LogP contribution >= 0.6 is 0 Å². The van der Waals surface area contributed by atoms with E-state index in [0.717, 1.165) is 17.5 Å². The quantitative estimate of drug-likeness (QED) is 0.543. The molecule has 0 amide bonds. The van der Waals surface area contributed by atoms with Gasteiger partial charge in [-0.25, -0.2) is 0 Å². The molecule has 2 nitrogen and oxygen atoms in total. The maximum atomic E-state index is 11.3. The van der Waals surface area contributed by atoms with E-state index < -0.39 is 0 Å². The lowest BCUT2D eigenvalue weighted by molar-refractivity contribution is -0.134. The van der Waals surface area contributed by atoms with Crippen molar-refractivity contribution in [1.82, 2.24) is 0 Å². The number of ether oxygens (including phenoxy) is 1. The summed E-state index contributed by atoms with van der Waals surface area (Å²) in [5, 5.41) is 0. The zero-order valence-corrected chi connectivity index (χ0v) is 8.96. The van der Waals surface area contributed by atoms with Gasteiger partial charge in [0.1, 0.15) is 5.75 Å². The molecule has 0 aliphatic carbocycles. The first-order valence-electron chi connectivity index (χ1n) is 4.92. The molecule has 1 aromatic carbocycles. The SMILES string of the molecule is CCCC(=O)Oc1cccc(C)c1C. The van der Waals surface area contributed by atoms with Crippen LogP contribution in [0.1, 0.15) is 30.9 Å². The summed E-state index contributed by atoms with van der Waals surface area (Å²) in [7, 11) is 0. The zero-order chi connectivity index (χ0) is 10.6. The number of rotatable bonds is 3. The van der Waals surface area contributed by atoms with Gasteiger partial charge >= 0.3 is 5.97 Å². The van der Waals surface area contributed by atoms with Crippen molar-refractivity contribution in [2.45, 2.75) is 33.6 Å². The first-order valence-corrected chi connectivity index (χ1v) is 4.92. The van der Waals surface area contributed by atoms with Gasteiger partial charge in [0.2, 0.25) is 0 Å². The summed E-state index contributed by atoms with van der Waals surface area (Å²) >= 11 is 0. The molecule has 14 heavy (non-hydrogen) atoms. The summed E-state index contributed by atoms with van der Waals surface area (Å²) in [6, 6.07) is 5.74. The molecule has 0 aliphatic rings. The van der Waals surface area contributed by atoms with Crippen LogP contribution in [0.5, 0.6) is 5.75 Å². The lowest BCUT2D eigenvalue weighted by Gasteiger charge is -2.08. The minimum atomic E-state index is -0.152. The van der Waals surface area contributed by atoms with Gasteiger partial charge in [-0.05, 0) is 37.5 Å². The van der Waals surface area contributed by atoms with Crippen LogP contribution < -0.4 is 4.74 Å². The van der Waals surface area contributed by atoms with Crippen LogP contribution in [0.4, 0.5) is 0 Å². The molecule has 0 heterocycles. The van der Waals surface area contributed by atoms with Crippen molar-refractivity contribution >= 4 is 5.97 Å². The Bertz CT molecular complexity index is 329. The molecule has 76 valence electrons. The first-order chi connectivity index (χ1) is 6.65. The minimum Gasteiger partial charge on any atom is -0.426 e. The molecule has 0 fully saturated rings. The maximum Gasteiger partial charge on any atom is 0.311 e. The fourth-order valence-electron chi connectivity index (χ4n) is 1.21. The van der Waals surface area contributed by atoms with E-state index in [2.05, 4.69) is 0 Å². The van der Waals surface area contributed by atoms with Crippen LogP contribution in [0.3, 0.4) is 0 Å². The smallest absolute Gasteiger partial charge is 0.311 e. The molecule has 0 saturated heterocycles. The van der Waals surface area contributed by atoms with E-state index in [1.807, 2.05) is 39.0 Å². The molecule has 0 aromatic heterocycles. The van der Waals surface area contributed by atoms with Crippen molar-refractivity contribution in [2.75, 3.05) is 0 Å². The normalized spacial score (nSPS) is 9.93. The van der Waals surface area contributed by atoms with Gasteiger partial charge < -0.3 is 4.74 Å². The molecular formula is C12H16O2. The summed E-state index contributed by atoms with van der Waals surface area (Å²) in [4.78, 5) is 11.3. The van der Waals surface area contributed by atoms with Crippen LogP contribution in [-0.4, -0.2) is 5.97 Å². The second-order valence-electron chi connectivity index (χ2n) is 3.42. The van der Waals surface area contributed by atoms with E-state index in [9.17, 15) is 4.79 Å². The fourth-order valence-corrected chi connectivity index (χ4v) is 1.21. The van der Waals surface area contributed by atoms with Crippen molar-refractivity contribution in [2.24, 2.45) is 0 Å². The van der Waals surface area contributed by atoms with Gasteiger partial charge in [0.25, 0.3) is 0 Å². The molecule has 0 bridgehead atoms. The number of hydrogen-bond donors (Lipinski definition) is 0. The number of benzene rings is 1. The van der Waals surface area contributed by atoms with Crippen molar-refractivity contribution in [3.63, 3.8) is 0 Å². The third-order valence-electron chi connectivity index (χ3n) is 2.23. The average Bonchev–Trinajstić information content (AvgIpc) is 2.13. The van der Waals surface area contributed by atoms with Gasteiger partial charge in [0.15, 0.2) is 0 Å². The molecule has 0 radical (unpaired) electrons. The number of hydrogen-bond acceptors (Lipinski definition) is 2. The van der Waals surface area contributed by atoms with Crippen molar-refractivity contribution in [1.29, 1.82) is 0 Å². The molecular weight excluding hydrogens is 176 g/mol. The van der Waals surface area contributed by atoms with Gasteiger partial charge in [-0.15, -0.1) is 0 Å². The van der Waals surface area contributed by atoms with Crippen molar-refractivity contribution in [3.05, 3.63) is 29.3 Å². The number of carbonyl (C=O) groups is 1. The van der Waals surface area contributed by atoms with E-state index in [-0.39, 0.29) is 5.97 Å². The minimum absolute atomic E-state index is 0.152. The summed E-state index contributed by atoms with van der Waals surface area (Å²) in [6.45, 7) is 5.93. The molecule has 0 unspecified atom stereocenters. The Balaban J connectivity index is 2.76. The van der Waals surface area contributed by atoms with E-state index >= 15 is 0 Å². The second-order valence-corrected chi connectivity index (χ2v) is 3.42. The zero-order valence-electron chi connectivity index (χ0n) is 8.96.